The van der Waals surface area contributed by atoms with Crippen molar-refractivity contribution in [1.82, 2.24) is 9.78 Å². The predicted octanol–water partition coefficient (Wildman–Crippen LogP) is 3.35. The van der Waals surface area contributed by atoms with Crippen molar-refractivity contribution in [1.29, 1.82) is 0 Å². The molecule has 0 bridgehead atoms. The fraction of sp³-hybridized carbons (Fsp3) is 0.0909. The molecule has 0 spiro atoms. The second-order valence-corrected chi connectivity index (χ2v) is 4.49. The standard InChI is InChI=1S/C11H6BrF3N2O2/c12-9-3-7(1-2-8(9)10(18)19)17-5-6(4-16-17)11(13,14)15/h1-5H,(H,18,19). The molecule has 0 aliphatic carbocycles. The van der Waals surface area contributed by atoms with Crippen molar-refractivity contribution in [3.63, 3.8) is 0 Å². The number of aromatic nitrogens is 2. The van der Waals surface area contributed by atoms with Gasteiger partial charge in [0.2, 0.25) is 0 Å². The lowest BCUT2D eigenvalue weighted by atomic mass is 10.2. The third-order valence-corrected chi connectivity index (χ3v) is 3.01. The summed E-state index contributed by atoms with van der Waals surface area (Å²) in [4.78, 5) is 10.8. The SMILES string of the molecule is O=C(O)c1ccc(-n2cc(C(F)(F)F)cn2)cc1Br. The first-order valence-corrected chi connectivity index (χ1v) is 5.73. The minimum atomic E-state index is -4.46. The number of halogens is 4. The van der Waals surface area contributed by atoms with E-state index in [0.29, 0.717) is 11.9 Å². The van der Waals surface area contributed by atoms with Gasteiger partial charge in [0.25, 0.3) is 0 Å². The monoisotopic (exact) mass is 334 g/mol. The van der Waals surface area contributed by atoms with Crippen molar-refractivity contribution in [3.8, 4) is 5.69 Å². The molecule has 0 fully saturated rings. The summed E-state index contributed by atoms with van der Waals surface area (Å²) in [5.41, 5.74) is -0.523. The normalized spacial score (nSPS) is 11.6. The number of carboxylic acid groups (broad SMARTS) is 1. The van der Waals surface area contributed by atoms with E-state index < -0.39 is 17.7 Å². The first-order valence-electron chi connectivity index (χ1n) is 4.94. The Hall–Kier alpha value is -1.83. The van der Waals surface area contributed by atoms with Crippen LogP contribution >= 0.6 is 15.9 Å². The molecule has 2 rings (SSSR count). The summed E-state index contributed by atoms with van der Waals surface area (Å²) in [6, 6.07) is 4.05. The maximum atomic E-state index is 12.4. The van der Waals surface area contributed by atoms with Gasteiger partial charge in [0.15, 0.2) is 0 Å². The van der Waals surface area contributed by atoms with Gasteiger partial charge in [-0.2, -0.15) is 18.3 Å². The van der Waals surface area contributed by atoms with Gasteiger partial charge in [-0.05, 0) is 34.1 Å². The van der Waals surface area contributed by atoms with E-state index in [1.807, 2.05) is 0 Å². The van der Waals surface area contributed by atoms with Crippen LogP contribution in [-0.4, -0.2) is 20.9 Å². The summed E-state index contributed by atoms with van der Waals surface area (Å²) in [6.45, 7) is 0. The maximum Gasteiger partial charge on any atom is 0.419 e. The average Bonchev–Trinajstić information content (AvgIpc) is 2.76. The molecule has 0 saturated heterocycles. The van der Waals surface area contributed by atoms with E-state index >= 15 is 0 Å². The molecule has 0 atom stereocenters. The molecule has 4 nitrogen and oxygen atoms in total. The lowest BCUT2D eigenvalue weighted by Gasteiger charge is -2.05. The quantitative estimate of drug-likeness (QED) is 0.916. The van der Waals surface area contributed by atoms with Crippen molar-refractivity contribution in [2.45, 2.75) is 6.18 Å². The summed E-state index contributed by atoms with van der Waals surface area (Å²) in [7, 11) is 0. The van der Waals surface area contributed by atoms with Crippen molar-refractivity contribution < 1.29 is 23.1 Å². The largest absolute Gasteiger partial charge is 0.478 e. The van der Waals surface area contributed by atoms with Gasteiger partial charge in [0.1, 0.15) is 0 Å². The molecular formula is C11H6BrF3N2O2. The number of aromatic carboxylic acids is 1. The van der Waals surface area contributed by atoms with Crippen LogP contribution in [0, 0.1) is 0 Å². The number of carbonyl (C=O) groups is 1. The Bertz CT molecular complexity index is 637. The van der Waals surface area contributed by atoms with Gasteiger partial charge in [0.05, 0.1) is 23.0 Å². The third kappa shape index (κ3) is 2.78. The minimum Gasteiger partial charge on any atom is -0.478 e. The van der Waals surface area contributed by atoms with Crippen molar-refractivity contribution in [3.05, 3.63) is 46.2 Å². The van der Waals surface area contributed by atoms with Crippen molar-refractivity contribution in [2.24, 2.45) is 0 Å². The van der Waals surface area contributed by atoms with E-state index in [1.54, 1.807) is 0 Å². The van der Waals surface area contributed by atoms with Gasteiger partial charge in [-0.15, -0.1) is 0 Å². The summed E-state index contributed by atoms with van der Waals surface area (Å²) >= 11 is 3.05. The highest BCUT2D eigenvalue weighted by atomic mass is 79.9. The molecule has 0 unspecified atom stereocenters. The first-order chi connectivity index (χ1) is 8.79. The van der Waals surface area contributed by atoms with Crippen LogP contribution in [0.5, 0.6) is 0 Å². The van der Waals surface area contributed by atoms with Gasteiger partial charge in [-0.3, -0.25) is 0 Å². The van der Waals surface area contributed by atoms with Gasteiger partial charge in [-0.1, -0.05) is 0 Å². The third-order valence-electron chi connectivity index (χ3n) is 2.36. The van der Waals surface area contributed by atoms with E-state index in [0.717, 1.165) is 10.9 Å². The molecule has 1 aromatic carbocycles. The second-order valence-electron chi connectivity index (χ2n) is 3.64. The Morgan fingerprint density at radius 1 is 1.37 bits per heavy atom. The zero-order chi connectivity index (χ0) is 14.2. The number of hydrogen-bond donors (Lipinski definition) is 1. The van der Waals surface area contributed by atoms with Crippen molar-refractivity contribution in [2.75, 3.05) is 0 Å². The molecule has 19 heavy (non-hydrogen) atoms. The number of hydrogen-bond acceptors (Lipinski definition) is 2. The average molecular weight is 335 g/mol. The van der Waals surface area contributed by atoms with Gasteiger partial charge < -0.3 is 5.11 Å². The van der Waals surface area contributed by atoms with E-state index in [-0.39, 0.29) is 10.0 Å². The van der Waals surface area contributed by atoms with E-state index in [1.165, 1.54) is 18.2 Å². The lowest BCUT2D eigenvalue weighted by Crippen LogP contribution is -2.03. The van der Waals surface area contributed by atoms with Crippen LogP contribution in [0.2, 0.25) is 0 Å². The molecule has 1 heterocycles. The molecular weight excluding hydrogens is 329 g/mol. The van der Waals surface area contributed by atoms with E-state index in [4.69, 9.17) is 5.11 Å². The Balaban J connectivity index is 2.40. The van der Waals surface area contributed by atoms with E-state index in [2.05, 4.69) is 21.0 Å². The Morgan fingerprint density at radius 2 is 2.05 bits per heavy atom. The Morgan fingerprint density at radius 3 is 2.53 bits per heavy atom. The smallest absolute Gasteiger partial charge is 0.419 e. The molecule has 0 saturated carbocycles. The number of benzene rings is 1. The zero-order valence-electron chi connectivity index (χ0n) is 9.15. The first kappa shape index (κ1) is 13.6. The van der Waals surface area contributed by atoms with Crippen LogP contribution in [0.3, 0.4) is 0 Å². The fourth-order valence-corrected chi connectivity index (χ4v) is 1.97. The van der Waals surface area contributed by atoms with Crippen LogP contribution in [0.4, 0.5) is 13.2 Å². The molecule has 100 valence electrons. The molecule has 1 aromatic heterocycles. The molecule has 0 radical (unpaired) electrons. The zero-order valence-corrected chi connectivity index (χ0v) is 10.7. The van der Waals surface area contributed by atoms with E-state index in [9.17, 15) is 18.0 Å². The van der Waals surface area contributed by atoms with Crippen molar-refractivity contribution >= 4 is 21.9 Å². The van der Waals surface area contributed by atoms with Gasteiger partial charge in [-0.25, -0.2) is 9.48 Å². The Kier molecular flexibility index (Phi) is 3.36. The van der Waals surface area contributed by atoms with Gasteiger partial charge >= 0.3 is 12.1 Å². The topological polar surface area (TPSA) is 55.1 Å². The fourth-order valence-electron chi connectivity index (χ4n) is 1.43. The van der Waals surface area contributed by atoms with Crippen LogP contribution in [0.15, 0.2) is 35.1 Å². The lowest BCUT2D eigenvalue weighted by molar-refractivity contribution is -0.137. The van der Waals surface area contributed by atoms with Gasteiger partial charge in [0, 0.05) is 10.7 Å². The molecule has 2 aromatic rings. The molecule has 0 amide bonds. The maximum absolute atomic E-state index is 12.4. The van der Waals surface area contributed by atoms with Crippen LogP contribution in [-0.2, 0) is 6.18 Å². The minimum absolute atomic E-state index is 0.0203. The second kappa shape index (κ2) is 4.69. The number of rotatable bonds is 2. The molecule has 1 N–H and O–H groups in total. The molecule has 0 aliphatic heterocycles. The Labute approximate surface area is 113 Å². The number of alkyl halides is 3. The number of carboxylic acids is 1. The van der Waals surface area contributed by atoms with Crippen LogP contribution in [0.25, 0.3) is 5.69 Å². The molecule has 0 aliphatic rings. The van der Waals surface area contributed by atoms with Crippen LogP contribution in [0.1, 0.15) is 15.9 Å². The highest BCUT2D eigenvalue weighted by Crippen LogP contribution is 2.29. The molecule has 8 heteroatoms. The summed E-state index contributed by atoms with van der Waals surface area (Å²) in [5, 5.41) is 12.4. The summed E-state index contributed by atoms with van der Waals surface area (Å²) < 4.78 is 38.6. The highest BCUT2D eigenvalue weighted by molar-refractivity contribution is 9.10. The summed E-state index contributed by atoms with van der Waals surface area (Å²) in [6.07, 6.45) is -2.92. The summed E-state index contributed by atoms with van der Waals surface area (Å²) in [5.74, 6) is -1.13. The highest BCUT2D eigenvalue weighted by Gasteiger charge is 2.32. The predicted molar refractivity (Wildman–Crippen MR) is 63.2 cm³/mol. The number of nitrogens with zero attached hydrogens (tertiary/aromatic N) is 2. The van der Waals surface area contributed by atoms with Crippen LogP contribution < -0.4 is 0 Å².